The molecule has 4 nitrogen and oxygen atoms in total. The van der Waals surface area contributed by atoms with E-state index >= 15 is 0 Å². The Hall–Kier alpha value is -3.66. The molecule has 1 heterocycles. The Morgan fingerprint density at radius 1 is 0.964 bits per heavy atom. The second kappa shape index (κ2) is 8.35. The number of ether oxygens (including phenoxy) is 1. The third-order valence-electron chi connectivity index (χ3n) is 4.56. The van der Waals surface area contributed by atoms with Gasteiger partial charge in [-0.2, -0.15) is 0 Å². The quantitative estimate of drug-likeness (QED) is 0.361. The first kappa shape index (κ1) is 17.7. The number of rotatable bonds is 6. The van der Waals surface area contributed by atoms with Gasteiger partial charge in [-0.3, -0.25) is 0 Å². The van der Waals surface area contributed by atoms with Crippen molar-refractivity contribution in [1.29, 1.82) is 0 Å². The van der Waals surface area contributed by atoms with E-state index in [1.54, 1.807) is 12.3 Å². The Morgan fingerprint density at radius 3 is 2.64 bits per heavy atom. The largest absolute Gasteiger partial charge is 0.454 e. The van der Waals surface area contributed by atoms with Crippen LogP contribution in [-0.2, 0) is 22.7 Å². The number of aromatic nitrogens is 2. The van der Waals surface area contributed by atoms with Crippen molar-refractivity contribution in [3.63, 3.8) is 0 Å². The number of fused-ring (bicyclic) bond motifs is 1. The lowest BCUT2D eigenvalue weighted by Gasteiger charge is -2.08. The summed E-state index contributed by atoms with van der Waals surface area (Å²) in [5, 5.41) is 2.24. The average Bonchev–Trinajstić information content (AvgIpc) is 3.18. The van der Waals surface area contributed by atoms with Gasteiger partial charge in [-0.05, 0) is 28.0 Å². The number of benzene rings is 3. The van der Waals surface area contributed by atoms with Gasteiger partial charge in [0.1, 0.15) is 12.4 Å². The molecule has 0 fully saturated rings. The fourth-order valence-electron chi connectivity index (χ4n) is 3.14. The van der Waals surface area contributed by atoms with E-state index < -0.39 is 0 Å². The lowest BCUT2D eigenvalue weighted by molar-refractivity contribution is -0.139. The second-order valence-electron chi connectivity index (χ2n) is 6.47. The number of hydrogen-bond acceptors (Lipinski definition) is 3. The minimum atomic E-state index is -0.387. The number of esters is 1. The van der Waals surface area contributed by atoms with E-state index in [0.717, 1.165) is 22.2 Å². The molecule has 1 aromatic heterocycles. The second-order valence-corrected chi connectivity index (χ2v) is 6.47. The molecule has 28 heavy (non-hydrogen) atoms. The predicted molar refractivity (Wildman–Crippen MR) is 111 cm³/mol. The van der Waals surface area contributed by atoms with Crippen molar-refractivity contribution in [3.8, 4) is 0 Å². The summed E-state index contributed by atoms with van der Waals surface area (Å²) < 4.78 is 7.37. The Bertz CT molecular complexity index is 1110. The third-order valence-corrected chi connectivity index (χ3v) is 4.56. The van der Waals surface area contributed by atoms with Crippen molar-refractivity contribution >= 4 is 22.8 Å². The molecule has 138 valence electrons. The number of hydrogen-bond donors (Lipinski definition) is 0. The predicted octanol–water partition coefficient (Wildman–Crippen LogP) is 4.84. The minimum Gasteiger partial charge on any atom is -0.454 e. The van der Waals surface area contributed by atoms with Gasteiger partial charge in [0.2, 0.25) is 0 Å². The topological polar surface area (TPSA) is 44.1 Å². The van der Waals surface area contributed by atoms with E-state index in [-0.39, 0.29) is 12.6 Å². The molecule has 0 saturated heterocycles. The van der Waals surface area contributed by atoms with Gasteiger partial charge in [0.25, 0.3) is 0 Å². The maximum absolute atomic E-state index is 12.2. The zero-order valence-electron chi connectivity index (χ0n) is 15.4. The molecule has 0 aliphatic rings. The number of nitrogens with zero attached hydrogens (tertiary/aromatic N) is 2. The smallest absolute Gasteiger partial charge is 0.331 e. The Balaban J connectivity index is 1.40. The normalized spacial score (nSPS) is 11.1. The van der Waals surface area contributed by atoms with Gasteiger partial charge in [0.05, 0.1) is 0 Å². The average molecular weight is 368 g/mol. The Kier molecular flexibility index (Phi) is 5.29. The molecule has 0 radical (unpaired) electrons. The van der Waals surface area contributed by atoms with Crippen LogP contribution in [-0.4, -0.2) is 15.5 Å². The number of imidazole rings is 1. The summed E-state index contributed by atoms with van der Waals surface area (Å²) in [4.78, 5) is 16.5. The van der Waals surface area contributed by atoms with Crippen LogP contribution in [0.2, 0.25) is 0 Å². The SMILES string of the molecule is O=C(/C=C/c1cccc2ccccc12)OCc1nccn1Cc1ccccc1. The highest BCUT2D eigenvalue weighted by Gasteiger charge is 2.06. The van der Waals surface area contributed by atoms with Crippen LogP contribution in [0.1, 0.15) is 17.0 Å². The monoisotopic (exact) mass is 368 g/mol. The summed E-state index contributed by atoms with van der Waals surface area (Å²) in [6.07, 6.45) is 6.87. The standard InChI is InChI=1S/C24H20N2O2/c27-24(14-13-21-11-6-10-20-9-4-5-12-22(20)21)28-18-23-25-15-16-26(23)17-19-7-2-1-3-8-19/h1-16H,17-18H2/b14-13+. The summed E-state index contributed by atoms with van der Waals surface area (Å²) in [6, 6.07) is 24.2. The van der Waals surface area contributed by atoms with Crippen molar-refractivity contribution in [3.05, 3.63) is 108 Å². The zero-order valence-corrected chi connectivity index (χ0v) is 15.4. The summed E-state index contributed by atoms with van der Waals surface area (Å²) in [5.74, 6) is 0.331. The summed E-state index contributed by atoms with van der Waals surface area (Å²) >= 11 is 0. The van der Waals surface area contributed by atoms with E-state index in [1.165, 1.54) is 11.6 Å². The highest BCUT2D eigenvalue weighted by Crippen LogP contribution is 2.19. The van der Waals surface area contributed by atoms with Gasteiger partial charge in [0.15, 0.2) is 0 Å². The van der Waals surface area contributed by atoms with E-state index in [0.29, 0.717) is 6.54 Å². The molecule has 4 heteroatoms. The van der Waals surface area contributed by atoms with Gasteiger partial charge >= 0.3 is 5.97 Å². The molecule has 3 aromatic carbocycles. The van der Waals surface area contributed by atoms with E-state index in [9.17, 15) is 4.79 Å². The van der Waals surface area contributed by atoms with Crippen LogP contribution in [0.4, 0.5) is 0 Å². The van der Waals surface area contributed by atoms with Gasteiger partial charge in [-0.1, -0.05) is 72.8 Å². The molecule has 0 bridgehead atoms. The number of carbonyl (C=O) groups is 1. The molecule has 4 rings (SSSR count). The molecule has 0 amide bonds. The van der Waals surface area contributed by atoms with Crippen molar-refractivity contribution in [1.82, 2.24) is 9.55 Å². The van der Waals surface area contributed by atoms with Crippen molar-refractivity contribution in [2.75, 3.05) is 0 Å². The molecule has 0 N–H and O–H groups in total. The van der Waals surface area contributed by atoms with Crippen LogP contribution in [0.3, 0.4) is 0 Å². The molecule has 4 aromatic rings. The molecule has 0 aliphatic heterocycles. The maximum Gasteiger partial charge on any atom is 0.331 e. The first-order valence-electron chi connectivity index (χ1n) is 9.16. The first-order chi connectivity index (χ1) is 13.8. The van der Waals surface area contributed by atoms with Crippen LogP contribution < -0.4 is 0 Å². The van der Waals surface area contributed by atoms with Crippen LogP contribution in [0.25, 0.3) is 16.8 Å². The van der Waals surface area contributed by atoms with E-state index in [2.05, 4.69) is 29.2 Å². The van der Waals surface area contributed by atoms with Crippen LogP contribution in [0, 0.1) is 0 Å². The molecule has 0 aliphatic carbocycles. The molecule has 0 spiro atoms. The maximum atomic E-state index is 12.2. The summed E-state index contributed by atoms with van der Waals surface area (Å²) in [6.45, 7) is 0.831. The van der Waals surface area contributed by atoms with Crippen LogP contribution in [0.15, 0.2) is 91.3 Å². The van der Waals surface area contributed by atoms with E-state index in [1.807, 2.05) is 59.3 Å². The molecule has 0 atom stereocenters. The van der Waals surface area contributed by atoms with Crippen LogP contribution >= 0.6 is 0 Å². The highest BCUT2D eigenvalue weighted by molar-refractivity contribution is 5.94. The number of carbonyl (C=O) groups excluding carboxylic acids is 1. The van der Waals surface area contributed by atoms with E-state index in [4.69, 9.17) is 4.74 Å². The fourth-order valence-corrected chi connectivity index (χ4v) is 3.14. The Labute approximate surface area is 163 Å². The van der Waals surface area contributed by atoms with Gasteiger partial charge in [0, 0.05) is 25.0 Å². The van der Waals surface area contributed by atoms with Crippen molar-refractivity contribution in [2.24, 2.45) is 0 Å². The zero-order chi connectivity index (χ0) is 19.2. The molecule has 0 saturated carbocycles. The van der Waals surface area contributed by atoms with Gasteiger partial charge < -0.3 is 9.30 Å². The van der Waals surface area contributed by atoms with Crippen molar-refractivity contribution < 1.29 is 9.53 Å². The van der Waals surface area contributed by atoms with Gasteiger partial charge in [-0.15, -0.1) is 0 Å². The molecular weight excluding hydrogens is 348 g/mol. The fraction of sp³-hybridized carbons (Fsp3) is 0.0833. The highest BCUT2D eigenvalue weighted by atomic mass is 16.5. The molecule has 0 unspecified atom stereocenters. The lowest BCUT2D eigenvalue weighted by Crippen LogP contribution is -2.08. The van der Waals surface area contributed by atoms with Crippen LogP contribution in [0.5, 0.6) is 0 Å². The van der Waals surface area contributed by atoms with Crippen molar-refractivity contribution in [2.45, 2.75) is 13.2 Å². The minimum absolute atomic E-state index is 0.137. The molecular formula is C24H20N2O2. The Morgan fingerprint density at radius 2 is 1.75 bits per heavy atom. The summed E-state index contributed by atoms with van der Waals surface area (Å²) in [7, 11) is 0. The van der Waals surface area contributed by atoms with Gasteiger partial charge in [-0.25, -0.2) is 9.78 Å². The third kappa shape index (κ3) is 4.18. The first-order valence-corrected chi connectivity index (χ1v) is 9.16. The lowest BCUT2D eigenvalue weighted by atomic mass is 10.0. The summed E-state index contributed by atoms with van der Waals surface area (Å²) in [5.41, 5.74) is 2.16.